The summed E-state index contributed by atoms with van der Waals surface area (Å²) in [5, 5.41) is 3.49. The number of carbonyl (C=O) groups excluding carboxylic acids is 2. The molecule has 2 aromatic rings. The van der Waals surface area contributed by atoms with Crippen LogP contribution in [0, 0.1) is 6.92 Å². The van der Waals surface area contributed by atoms with Crippen LogP contribution >= 0.6 is 11.6 Å². The van der Waals surface area contributed by atoms with E-state index in [1.54, 1.807) is 17.9 Å². The molecule has 4 nitrogen and oxygen atoms in total. The Morgan fingerprint density at radius 1 is 1.15 bits per heavy atom. The lowest BCUT2D eigenvalue weighted by atomic mass is 10.0. The zero-order valence-electron chi connectivity index (χ0n) is 16.2. The summed E-state index contributed by atoms with van der Waals surface area (Å²) in [6.07, 6.45) is 1.11. The molecule has 5 heteroatoms. The number of benzene rings is 2. The topological polar surface area (TPSA) is 49.4 Å². The van der Waals surface area contributed by atoms with Gasteiger partial charge in [0.15, 0.2) is 0 Å². The minimum absolute atomic E-state index is 0.0802. The van der Waals surface area contributed by atoms with Crippen LogP contribution in [0.3, 0.4) is 0 Å². The van der Waals surface area contributed by atoms with Gasteiger partial charge in [-0.3, -0.25) is 9.59 Å². The highest BCUT2D eigenvalue weighted by Crippen LogP contribution is 2.17. The first-order valence-corrected chi connectivity index (χ1v) is 9.66. The predicted octanol–water partition coefficient (Wildman–Crippen LogP) is 4.13. The fourth-order valence-corrected chi connectivity index (χ4v) is 3.10. The lowest BCUT2D eigenvalue weighted by Crippen LogP contribution is -2.48. The number of nitrogens with zero attached hydrogens (tertiary/aromatic N) is 1. The highest BCUT2D eigenvalue weighted by Gasteiger charge is 2.26. The van der Waals surface area contributed by atoms with Crippen molar-refractivity contribution in [2.24, 2.45) is 0 Å². The average Bonchev–Trinajstić information content (AvgIpc) is 2.65. The monoisotopic (exact) mass is 386 g/mol. The quantitative estimate of drug-likeness (QED) is 0.741. The molecule has 0 aliphatic rings. The van der Waals surface area contributed by atoms with Crippen LogP contribution in [0.4, 0.5) is 0 Å². The third-order valence-electron chi connectivity index (χ3n) is 4.56. The van der Waals surface area contributed by atoms with Crippen LogP contribution in [-0.2, 0) is 22.6 Å². The summed E-state index contributed by atoms with van der Waals surface area (Å²) in [5.41, 5.74) is 2.94. The molecule has 1 N–H and O–H groups in total. The van der Waals surface area contributed by atoms with Crippen LogP contribution in [0.25, 0.3) is 0 Å². The van der Waals surface area contributed by atoms with E-state index in [1.165, 1.54) is 0 Å². The van der Waals surface area contributed by atoms with Gasteiger partial charge in [0.25, 0.3) is 0 Å². The molecule has 0 spiro atoms. The van der Waals surface area contributed by atoms with Crippen molar-refractivity contribution < 1.29 is 9.59 Å². The van der Waals surface area contributed by atoms with E-state index in [-0.39, 0.29) is 18.2 Å². The van der Waals surface area contributed by atoms with Crippen molar-refractivity contribution in [3.8, 4) is 0 Å². The SMILES string of the molecule is CCCNC(=O)[C@H](C)N(Cc1cccc(Cl)c1)C(=O)Cc1ccccc1C. The maximum Gasteiger partial charge on any atom is 0.242 e. The van der Waals surface area contributed by atoms with E-state index in [0.717, 1.165) is 23.1 Å². The van der Waals surface area contributed by atoms with Crippen LogP contribution < -0.4 is 5.32 Å². The van der Waals surface area contributed by atoms with E-state index in [0.29, 0.717) is 18.1 Å². The molecule has 0 saturated heterocycles. The highest BCUT2D eigenvalue weighted by atomic mass is 35.5. The van der Waals surface area contributed by atoms with E-state index in [2.05, 4.69) is 5.32 Å². The maximum atomic E-state index is 13.1. The van der Waals surface area contributed by atoms with Crippen molar-refractivity contribution in [3.05, 3.63) is 70.2 Å². The Bertz CT molecular complexity index is 791. The van der Waals surface area contributed by atoms with E-state index in [4.69, 9.17) is 11.6 Å². The zero-order chi connectivity index (χ0) is 19.8. The van der Waals surface area contributed by atoms with Crippen LogP contribution in [0.1, 0.15) is 37.0 Å². The standard InChI is InChI=1S/C22H27ClN2O2/c1-4-12-24-22(27)17(3)25(15-18-9-7-11-20(23)13-18)21(26)14-19-10-6-5-8-16(19)2/h5-11,13,17H,4,12,14-15H2,1-3H3,(H,24,27)/t17-/m0/s1. The van der Waals surface area contributed by atoms with Crippen LogP contribution in [0.2, 0.25) is 5.02 Å². The van der Waals surface area contributed by atoms with Crippen LogP contribution in [0.5, 0.6) is 0 Å². The number of nitrogens with one attached hydrogen (secondary N) is 1. The summed E-state index contributed by atoms with van der Waals surface area (Å²) in [5.74, 6) is -0.222. The number of halogens is 1. The molecule has 2 rings (SSSR count). The van der Waals surface area contributed by atoms with Gasteiger partial charge >= 0.3 is 0 Å². The molecule has 0 bridgehead atoms. The summed E-state index contributed by atoms with van der Waals surface area (Å²) >= 11 is 6.09. The Balaban J connectivity index is 2.23. The third kappa shape index (κ3) is 6.10. The summed E-state index contributed by atoms with van der Waals surface area (Å²) in [7, 11) is 0. The highest BCUT2D eigenvalue weighted by molar-refractivity contribution is 6.30. The van der Waals surface area contributed by atoms with Crippen LogP contribution in [0.15, 0.2) is 48.5 Å². The molecule has 0 heterocycles. The van der Waals surface area contributed by atoms with Gasteiger partial charge < -0.3 is 10.2 Å². The number of aryl methyl sites for hydroxylation is 1. The minimum Gasteiger partial charge on any atom is -0.354 e. The zero-order valence-corrected chi connectivity index (χ0v) is 16.9. The molecule has 0 radical (unpaired) electrons. The molecular weight excluding hydrogens is 360 g/mol. The summed E-state index contributed by atoms with van der Waals surface area (Å²) < 4.78 is 0. The average molecular weight is 387 g/mol. The van der Waals surface area contributed by atoms with Crippen molar-refractivity contribution >= 4 is 23.4 Å². The number of hydrogen-bond acceptors (Lipinski definition) is 2. The smallest absolute Gasteiger partial charge is 0.242 e. The van der Waals surface area contributed by atoms with Gasteiger partial charge in [-0.05, 0) is 49.1 Å². The molecular formula is C22H27ClN2O2. The van der Waals surface area contributed by atoms with Gasteiger partial charge in [0.2, 0.25) is 11.8 Å². The van der Waals surface area contributed by atoms with Crippen molar-refractivity contribution in [3.63, 3.8) is 0 Å². The molecule has 0 aromatic heterocycles. The van der Waals surface area contributed by atoms with Crippen LogP contribution in [-0.4, -0.2) is 29.3 Å². The Kier molecular flexibility index (Phi) is 7.86. The van der Waals surface area contributed by atoms with E-state index in [1.807, 2.05) is 56.3 Å². The first-order chi connectivity index (χ1) is 12.9. The molecule has 0 aliphatic carbocycles. The lowest BCUT2D eigenvalue weighted by Gasteiger charge is -2.29. The van der Waals surface area contributed by atoms with Crippen molar-refractivity contribution in [1.29, 1.82) is 0 Å². The second-order valence-electron chi connectivity index (χ2n) is 6.72. The van der Waals surface area contributed by atoms with Gasteiger partial charge in [0.1, 0.15) is 6.04 Å². The van der Waals surface area contributed by atoms with Gasteiger partial charge in [-0.1, -0.05) is 54.9 Å². The van der Waals surface area contributed by atoms with E-state index < -0.39 is 6.04 Å². The Labute approximate surface area is 166 Å². The molecule has 2 amide bonds. The Morgan fingerprint density at radius 3 is 2.56 bits per heavy atom. The van der Waals surface area contributed by atoms with Crippen molar-refractivity contribution in [2.75, 3.05) is 6.54 Å². The van der Waals surface area contributed by atoms with Gasteiger partial charge in [-0.2, -0.15) is 0 Å². The second-order valence-corrected chi connectivity index (χ2v) is 7.16. The number of rotatable bonds is 8. The molecule has 0 fully saturated rings. The molecule has 0 saturated carbocycles. The Morgan fingerprint density at radius 2 is 1.89 bits per heavy atom. The lowest BCUT2D eigenvalue weighted by molar-refractivity contribution is -0.140. The van der Waals surface area contributed by atoms with Gasteiger partial charge in [-0.15, -0.1) is 0 Å². The molecule has 0 aliphatic heterocycles. The maximum absolute atomic E-state index is 13.1. The fraction of sp³-hybridized carbons (Fsp3) is 0.364. The largest absolute Gasteiger partial charge is 0.354 e. The van der Waals surface area contributed by atoms with Crippen molar-refractivity contribution in [1.82, 2.24) is 10.2 Å². The summed E-state index contributed by atoms with van der Waals surface area (Å²) in [4.78, 5) is 27.2. The first-order valence-electron chi connectivity index (χ1n) is 9.28. The van der Waals surface area contributed by atoms with Gasteiger partial charge in [0.05, 0.1) is 6.42 Å². The third-order valence-corrected chi connectivity index (χ3v) is 4.80. The molecule has 0 unspecified atom stereocenters. The molecule has 144 valence electrons. The van der Waals surface area contributed by atoms with Gasteiger partial charge in [0, 0.05) is 18.1 Å². The Hall–Kier alpha value is -2.33. The normalized spacial score (nSPS) is 11.7. The van der Waals surface area contributed by atoms with Crippen molar-refractivity contribution in [2.45, 2.75) is 46.2 Å². The summed E-state index contributed by atoms with van der Waals surface area (Å²) in [6, 6.07) is 14.6. The van der Waals surface area contributed by atoms with Gasteiger partial charge in [-0.25, -0.2) is 0 Å². The number of carbonyl (C=O) groups is 2. The van der Waals surface area contributed by atoms with E-state index >= 15 is 0 Å². The molecule has 2 aromatic carbocycles. The second kappa shape index (κ2) is 10.1. The molecule has 27 heavy (non-hydrogen) atoms. The number of hydrogen-bond donors (Lipinski definition) is 1. The predicted molar refractivity (Wildman–Crippen MR) is 110 cm³/mol. The molecule has 1 atom stereocenters. The first kappa shape index (κ1) is 21.0. The fourth-order valence-electron chi connectivity index (χ4n) is 2.88. The van der Waals surface area contributed by atoms with E-state index in [9.17, 15) is 9.59 Å². The summed E-state index contributed by atoms with van der Waals surface area (Å²) in [6.45, 7) is 6.69. The number of amides is 2. The minimum atomic E-state index is -0.563.